The van der Waals surface area contributed by atoms with Crippen LogP contribution < -0.4 is 5.32 Å². The van der Waals surface area contributed by atoms with E-state index in [4.69, 9.17) is 5.26 Å². The number of nitrogens with zero attached hydrogens (tertiary/aromatic N) is 4. The van der Waals surface area contributed by atoms with Crippen LogP contribution in [-0.2, 0) is 6.54 Å². The number of fused-ring (bicyclic) bond motifs is 1. The quantitative estimate of drug-likeness (QED) is 0.578. The molecule has 4 aromatic rings. The lowest BCUT2D eigenvalue weighted by Gasteiger charge is -2.02. The Labute approximate surface area is 159 Å². The third-order valence-corrected chi connectivity index (χ3v) is 5.09. The van der Waals surface area contributed by atoms with Gasteiger partial charge in [0.25, 0.3) is 5.91 Å². The first-order valence-corrected chi connectivity index (χ1v) is 9.29. The van der Waals surface area contributed by atoms with Crippen molar-refractivity contribution in [1.82, 2.24) is 14.5 Å². The molecule has 132 valence electrons. The van der Waals surface area contributed by atoms with Gasteiger partial charge in [0, 0.05) is 41.0 Å². The zero-order valence-electron chi connectivity index (χ0n) is 14.5. The van der Waals surface area contributed by atoms with Crippen molar-refractivity contribution in [3.05, 3.63) is 65.4 Å². The predicted octanol–water partition coefficient (Wildman–Crippen LogP) is 4.30. The molecule has 3 heterocycles. The number of carbonyl (C=O) groups excluding carboxylic acids is 1. The van der Waals surface area contributed by atoms with E-state index in [0.29, 0.717) is 16.9 Å². The maximum absolute atomic E-state index is 12.5. The molecular formula is C20H15N5OS. The summed E-state index contributed by atoms with van der Waals surface area (Å²) in [5, 5.41) is 15.2. The highest BCUT2D eigenvalue weighted by molar-refractivity contribution is 7.13. The molecule has 0 atom stereocenters. The van der Waals surface area contributed by atoms with E-state index in [1.54, 1.807) is 35.8 Å². The summed E-state index contributed by atoms with van der Waals surface area (Å²) in [7, 11) is 0. The van der Waals surface area contributed by atoms with Crippen molar-refractivity contribution >= 4 is 34.0 Å². The third kappa shape index (κ3) is 3.18. The second-order valence-corrected chi connectivity index (χ2v) is 6.74. The molecule has 0 radical (unpaired) electrons. The van der Waals surface area contributed by atoms with Crippen molar-refractivity contribution in [1.29, 1.82) is 5.26 Å². The molecule has 0 aliphatic rings. The lowest BCUT2D eigenvalue weighted by molar-refractivity contribution is 0.102. The molecule has 3 aromatic heterocycles. The summed E-state index contributed by atoms with van der Waals surface area (Å²) in [6.07, 6.45) is 3.80. The van der Waals surface area contributed by atoms with Crippen molar-refractivity contribution < 1.29 is 4.79 Å². The summed E-state index contributed by atoms with van der Waals surface area (Å²) in [6.45, 7) is 2.88. The third-order valence-electron chi connectivity index (χ3n) is 4.21. The SMILES string of the molecule is CCn1cc(-c2nc(C(=O)Nc3ccc(C#N)cc3)cs2)c2cccnc21. The number of pyridine rings is 1. The molecule has 0 unspecified atom stereocenters. The zero-order chi connectivity index (χ0) is 18.8. The Morgan fingerprint density at radius 1 is 1.30 bits per heavy atom. The van der Waals surface area contributed by atoms with Crippen LogP contribution in [0, 0.1) is 11.3 Å². The topological polar surface area (TPSA) is 83.6 Å². The Kier molecular flexibility index (Phi) is 4.40. The molecule has 4 rings (SSSR count). The summed E-state index contributed by atoms with van der Waals surface area (Å²) in [4.78, 5) is 21.5. The molecule has 1 aromatic carbocycles. The number of anilines is 1. The monoisotopic (exact) mass is 373 g/mol. The standard InChI is InChI=1S/C20H15N5OS/c1-2-25-11-16(15-4-3-9-22-18(15)25)20-24-17(12-27-20)19(26)23-14-7-5-13(10-21)6-8-14/h3-9,11-12H,2H2,1H3,(H,23,26). The number of rotatable bonds is 4. The van der Waals surface area contributed by atoms with Gasteiger partial charge in [0.15, 0.2) is 0 Å². The maximum atomic E-state index is 12.5. The molecule has 27 heavy (non-hydrogen) atoms. The van der Waals surface area contributed by atoms with Gasteiger partial charge in [-0.3, -0.25) is 4.79 Å². The van der Waals surface area contributed by atoms with Crippen LogP contribution in [0.5, 0.6) is 0 Å². The van der Waals surface area contributed by atoms with Crippen molar-refractivity contribution in [2.24, 2.45) is 0 Å². The molecule has 0 aliphatic heterocycles. The van der Waals surface area contributed by atoms with Crippen LogP contribution in [0.4, 0.5) is 5.69 Å². The molecule has 6 nitrogen and oxygen atoms in total. The molecule has 1 amide bonds. The van der Waals surface area contributed by atoms with Crippen LogP contribution in [0.1, 0.15) is 23.0 Å². The number of amides is 1. The lowest BCUT2D eigenvalue weighted by atomic mass is 10.2. The van der Waals surface area contributed by atoms with Gasteiger partial charge < -0.3 is 9.88 Å². The van der Waals surface area contributed by atoms with Crippen molar-refractivity contribution in [3.63, 3.8) is 0 Å². The Morgan fingerprint density at radius 3 is 2.85 bits per heavy atom. The average Bonchev–Trinajstić information content (AvgIpc) is 3.33. The van der Waals surface area contributed by atoms with E-state index in [1.165, 1.54) is 11.3 Å². The number of nitriles is 1. The molecule has 0 spiro atoms. The summed E-state index contributed by atoms with van der Waals surface area (Å²) in [5.74, 6) is -0.278. The highest BCUT2D eigenvalue weighted by Gasteiger charge is 2.16. The Hall–Kier alpha value is -3.50. The minimum absolute atomic E-state index is 0.278. The van der Waals surface area contributed by atoms with E-state index >= 15 is 0 Å². The van der Waals surface area contributed by atoms with Crippen LogP contribution in [0.25, 0.3) is 21.6 Å². The van der Waals surface area contributed by atoms with Gasteiger partial charge in [-0.2, -0.15) is 5.26 Å². The van der Waals surface area contributed by atoms with Gasteiger partial charge in [-0.05, 0) is 43.3 Å². The Balaban J connectivity index is 1.62. The van der Waals surface area contributed by atoms with E-state index < -0.39 is 0 Å². The van der Waals surface area contributed by atoms with Crippen LogP contribution in [0.15, 0.2) is 54.2 Å². The maximum Gasteiger partial charge on any atom is 0.275 e. The Bertz CT molecular complexity index is 1170. The zero-order valence-corrected chi connectivity index (χ0v) is 15.3. The highest BCUT2D eigenvalue weighted by Crippen LogP contribution is 2.32. The molecular weight excluding hydrogens is 358 g/mol. The molecule has 0 aliphatic carbocycles. The first kappa shape index (κ1) is 16.9. The van der Waals surface area contributed by atoms with Crippen LogP contribution >= 0.6 is 11.3 Å². The number of carbonyl (C=O) groups is 1. The number of benzene rings is 1. The van der Waals surface area contributed by atoms with Gasteiger partial charge in [0.1, 0.15) is 16.3 Å². The molecule has 0 saturated carbocycles. The smallest absolute Gasteiger partial charge is 0.275 e. The molecule has 0 saturated heterocycles. The molecule has 7 heteroatoms. The normalized spacial score (nSPS) is 10.7. The minimum Gasteiger partial charge on any atom is -0.332 e. The van der Waals surface area contributed by atoms with Crippen molar-refractivity contribution in [3.8, 4) is 16.6 Å². The second-order valence-electron chi connectivity index (χ2n) is 5.88. The number of hydrogen-bond donors (Lipinski definition) is 1. The predicted molar refractivity (Wildman–Crippen MR) is 106 cm³/mol. The highest BCUT2D eigenvalue weighted by atomic mass is 32.1. The minimum atomic E-state index is -0.278. The van der Waals surface area contributed by atoms with E-state index in [9.17, 15) is 4.79 Å². The number of aromatic nitrogens is 3. The Morgan fingerprint density at radius 2 is 2.11 bits per heavy atom. The fourth-order valence-electron chi connectivity index (χ4n) is 2.86. The largest absolute Gasteiger partial charge is 0.332 e. The summed E-state index contributed by atoms with van der Waals surface area (Å²) in [6, 6.07) is 12.7. The van der Waals surface area contributed by atoms with Gasteiger partial charge in [-0.25, -0.2) is 9.97 Å². The van der Waals surface area contributed by atoms with Crippen molar-refractivity contribution in [2.75, 3.05) is 5.32 Å². The van der Waals surface area contributed by atoms with Gasteiger partial charge in [-0.15, -0.1) is 11.3 Å². The van der Waals surface area contributed by atoms with E-state index in [2.05, 4.69) is 32.8 Å². The van der Waals surface area contributed by atoms with Crippen LogP contribution in [0.2, 0.25) is 0 Å². The first-order valence-electron chi connectivity index (χ1n) is 8.41. The summed E-state index contributed by atoms with van der Waals surface area (Å²) >= 11 is 1.43. The molecule has 0 fully saturated rings. The number of aryl methyl sites for hydroxylation is 1. The van der Waals surface area contributed by atoms with Gasteiger partial charge in [0.2, 0.25) is 0 Å². The van der Waals surface area contributed by atoms with Crippen molar-refractivity contribution in [2.45, 2.75) is 13.5 Å². The lowest BCUT2D eigenvalue weighted by Crippen LogP contribution is -2.12. The van der Waals surface area contributed by atoms with Crippen LogP contribution in [-0.4, -0.2) is 20.4 Å². The van der Waals surface area contributed by atoms with E-state index in [0.717, 1.165) is 28.1 Å². The van der Waals surface area contributed by atoms with Gasteiger partial charge in [-0.1, -0.05) is 0 Å². The molecule has 0 bridgehead atoms. The second kappa shape index (κ2) is 7.02. The van der Waals surface area contributed by atoms with Crippen LogP contribution in [0.3, 0.4) is 0 Å². The van der Waals surface area contributed by atoms with E-state index in [-0.39, 0.29) is 5.91 Å². The van der Waals surface area contributed by atoms with Gasteiger partial charge >= 0.3 is 0 Å². The number of thiazole rings is 1. The summed E-state index contributed by atoms with van der Waals surface area (Å²) < 4.78 is 2.07. The van der Waals surface area contributed by atoms with E-state index in [1.807, 2.05) is 18.3 Å². The fourth-order valence-corrected chi connectivity index (χ4v) is 3.68. The summed E-state index contributed by atoms with van der Waals surface area (Å²) in [5.41, 5.74) is 3.42. The number of nitrogens with one attached hydrogen (secondary N) is 1. The van der Waals surface area contributed by atoms with Gasteiger partial charge in [0.05, 0.1) is 11.6 Å². The number of hydrogen-bond acceptors (Lipinski definition) is 5. The average molecular weight is 373 g/mol. The first-order chi connectivity index (χ1) is 13.2. The fraction of sp³-hybridized carbons (Fsp3) is 0.100. The molecule has 1 N–H and O–H groups in total.